The van der Waals surface area contributed by atoms with E-state index in [1.54, 1.807) is 6.08 Å². The Morgan fingerprint density at radius 2 is 2.44 bits per heavy atom. The molecule has 1 rings (SSSR count). The first-order valence-electron chi connectivity index (χ1n) is 4.93. The number of hydrogen-bond acceptors (Lipinski definition) is 5. The van der Waals surface area contributed by atoms with E-state index in [2.05, 4.69) is 4.74 Å². The second-order valence-electron chi connectivity index (χ2n) is 3.28. The Bertz CT molecular complexity index is 318. The number of rotatable bonds is 4. The summed E-state index contributed by atoms with van der Waals surface area (Å²) in [5, 5.41) is 9.13. The molecule has 1 aliphatic rings. The molecule has 0 bridgehead atoms. The van der Waals surface area contributed by atoms with E-state index in [1.165, 1.54) is 25.3 Å². The van der Waals surface area contributed by atoms with Crippen LogP contribution in [0.25, 0.3) is 0 Å². The van der Waals surface area contributed by atoms with Crippen LogP contribution in [0.3, 0.4) is 0 Å². The molecule has 88 valence electrons. The van der Waals surface area contributed by atoms with Gasteiger partial charge < -0.3 is 14.6 Å². The molecule has 1 heterocycles. The van der Waals surface area contributed by atoms with Gasteiger partial charge in [0.05, 0.1) is 7.11 Å². The fourth-order valence-electron chi connectivity index (χ4n) is 1.27. The molecule has 0 saturated heterocycles. The highest BCUT2D eigenvalue weighted by atomic mass is 16.6. The summed E-state index contributed by atoms with van der Waals surface area (Å²) in [7, 11) is 1.29. The van der Waals surface area contributed by atoms with Gasteiger partial charge >= 0.3 is 5.97 Å². The molecule has 16 heavy (non-hydrogen) atoms. The molecule has 5 heteroatoms. The minimum absolute atomic E-state index is 0.170. The fourth-order valence-corrected chi connectivity index (χ4v) is 1.27. The zero-order valence-electron chi connectivity index (χ0n) is 8.96. The highest BCUT2D eigenvalue weighted by molar-refractivity contribution is 5.94. The molecule has 0 fully saturated rings. The first-order valence-corrected chi connectivity index (χ1v) is 4.93. The Hall–Kier alpha value is -1.46. The summed E-state index contributed by atoms with van der Waals surface area (Å²) in [6.45, 7) is 0. The van der Waals surface area contributed by atoms with Gasteiger partial charge in [0.2, 0.25) is 0 Å². The van der Waals surface area contributed by atoms with Crippen molar-refractivity contribution in [1.82, 2.24) is 0 Å². The van der Waals surface area contributed by atoms with Crippen molar-refractivity contribution in [2.24, 2.45) is 0 Å². The summed E-state index contributed by atoms with van der Waals surface area (Å²) >= 11 is 0. The molecule has 0 aromatic carbocycles. The van der Waals surface area contributed by atoms with Crippen molar-refractivity contribution in [1.29, 1.82) is 0 Å². The smallest absolute Gasteiger partial charge is 0.330 e. The van der Waals surface area contributed by atoms with Crippen LogP contribution in [0.5, 0.6) is 0 Å². The zero-order valence-corrected chi connectivity index (χ0v) is 8.96. The largest absolute Gasteiger partial charge is 0.466 e. The monoisotopic (exact) mass is 226 g/mol. The minimum Gasteiger partial charge on any atom is -0.466 e. The number of ketones is 1. The number of allylic oxidation sites excluding steroid dienone is 1. The molecule has 2 atom stereocenters. The first kappa shape index (κ1) is 12.6. The molecule has 1 N–H and O–H groups in total. The molecule has 5 nitrogen and oxygen atoms in total. The van der Waals surface area contributed by atoms with Crippen LogP contribution in [0.2, 0.25) is 0 Å². The summed E-state index contributed by atoms with van der Waals surface area (Å²) in [6, 6.07) is 0. The number of hydrogen-bond donors (Lipinski definition) is 1. The molecule has 0 amide bonds. The Balaban J connectivity index is 2.33. The van der Waals surface area contributed by atoms with Crippen LogP contribution in [0, 0.1) is 0 Å². The van der Waals surface area contributed by atoms with E-state index in [0.717, 1.165) is 0 Å². The lowest BCUT2D eigenvalue weighted by molar-refractivity contribution is -0.148. The van der Waals surface area contributed by atoms with Crippen LogP contribution < -0.4 is 0 Å². The predicted octanol–water partition coefficient (Wildman–Crippen LogP) is 0.338. The maximum atomic E-state index is 11.3. The lowest BCUT2D eigenvalue weighted by atomic mass is 10.1. The van der Waals surface area contributed by atoms with Crippen molar-refractivity contribution in [3.63, 3.8) is 0 Å². The van der Waals surface area contributed by atoms with Gasteiger partial charge in [0.1, 0.15) is 6.10 Å². The molecular weight excluding hydrogens is 212 g/mol. The van der Waals surface area contributed by atoms with Gasteiger partial charge in [-0.05, 0) is 25.0 Å². The SMILES string of the molecule is COC(=O)/C=C/CC[C@@H]1OC(O)C=CC1=O. The van der Waals surface area contributed by atoms with Gasteiger partial charge in [-0.1, -0.05) is 6.08 Å². The highest BCUT2D eigenvalue weighted by Gasteiger charge is 2.22. The number of aliphatic hydroxyl groups excluding tert-OH is 1. The van der Waals surface area contributed by atoms with Crippen molar-refractivity contribution in [2.45, 2.75) is 25.2 Å². The maximum Gasteiger partial charge on any atom is 0.330 e. The Morgan fingerprint density at radius 1 is 1.69 bits per heavy atom. The number of ether oxygens (including phenoxy) is 2. The van der Waals surface area contributed by atoms with Crippen molar-refractivity contribution in [2.75, 3.05) is 7.11 Å². The molecule has 0 saturated carbocycles. The van der Waals surface area contributed by atoms with E-state index >= 15 is 0 Å². The van der Waals surface area contributed by atoms with E-state index < -0.39 is 18.4 Å². The molecule has 0 radical (unpaired) electrons. The highest BCUT2D eigenvalue weighted by Crippen LogP contribution is 2.12. The predicted molar refractivity (Wildman–Crippen MR) is 55.4 cm³/mol. The number of carbonyl (C=O) groups excluding carboxylic acids is 2. The van der Waals surface area contributed by atoms with Gasteiger partial charge in [-0.2, -0.15) is 0 Å². The lowest BCUT2D eigenvalue weighted by Gasteiger charge is -2.20. The number of aliphatic hydroxyl groups is 1. The van der Waals surface area contributed by atoms with E-state index in [4.69, 9.17) is 9.84 Å². The van der Waals surface area contributed by atoms with E-state index in [1.807, 2.05) is 0 Å². The van der Waals surface area contributed by atoms with Crippen molar-refractivity contribution in [3.8, 4) is 0 Å². The molecule has 1 unspecified atom stereocenters. The number of methoxy groups -OCH3 is 1. The second kappa shape index (κ2) is 6.19. The summed E-state index contributed by atoms with van der Waals surface area (Å²) in [5.74, 6) is -0.604. The lowest BCUT2D eigenvalue weighted by Crippen LogP contribution is -2.31. The summed E-state index contributed by atoms with van der Waals surface area (Å²) < 4.78 is 9.41. The van der Waals surface area contributed by atoms with E-state index in [-0.39, 0.29) is 5.78 Å². The topological polar surface area (TPSA) is 72.8 Å². The number of esters is 1. The van der Waals surface area contributed by atoms with Crippen LogP contribution in [0.15, 0.2) is 24.3 Å². The summed E-state index contributed by atoms with van der Waals surface area (Å²) in [4.78, 5) is 22.0. The molecule has 0 aromatic heterocycles. The molecule has 1 aliphatic heterocycles. The van der Waals surface area contributed by atoms with Gasteiger partial charge in [0.25, 0.3) is 0 Å². The van der Waals surface area contributed by atoms with Gasteiger partial charge in [-0.25, -0.2) is 4.79 Å². The van der Waals surface area contributed by atoms with Crippen LogP contribution in [-0.4, -0.2) is 36.4 Å². The summed E-state index contributed by atoms with van der Waals surface area (Å²) in [6.07, 6.45) is 4.77. The minimum atomic E-state index is -1.02. The zero-order chi connectivity index (χ0) is 12.0. The van der Waals surface area contributed by atoms with Crippen LogP contribution in [-0.2, 0) is 19.1 Å². The molecular formula is C11H14O5. The van der Waals surface area contributed by atoms with Gasteiger partial charge in [0, 0.05) is 6.08 Å². The average molecular weight is 226 g/mol. The Labute approximate surface area is 93.3 Å². The standard InChI is InChI=1S/C11H14O5/c1-15-10(13)5-3-2-4-9-8(12)6-7-11(14)16-9/h3,5-7,9,11,14H,2,4H2,1H3/b5-3+/t9-,11?/m0/s1. The van der Waals surface area contributed by atoms with Crippen molar-refractivity contribution in [3.05, 3.63) is 24.3 Å². The third-order valence-electron chi connectivity index (χ3n) is 2.10. The third kappa shape index (κ3) is 3.96. The van der Waals surface area contributed by atoms with Crippen LogP contribution >= 0.6 is 0 Å². The molecule has 0 spiro atoms. The fraction of sp³-hybridized carbons (Fsp3) is 0.455. The van der Waals surface area contributed by atoms with Crippen LogP contribution in [0.1, 0.15) is 12.8 Å². The first-order chi connectivity index (χ1) is 7.63. The third-order valence-corrected chi connectivity index (χ3v) is 2.10. The molecule has 0 aromatic rings. The second-order valence-corrected chi connectivity index (χ2v) is 3.28. The Kier molecular flexibility index (Phi) is 4.88. The van der Waals surface area contributed by atoms with Gasteiger partial charge in [-0.15, -0.1) is 0 Å². The van der Waals surface area contributed by atoms with E-state index in [0.29, 0.717) is 12.8 Å². The van der Waals surface area contributed by atoms with E-state index in [9.17, 15) is 9.59 Å². The maximum absolute atomic E-state index is 11.3. The average Bonchev–Trinajstić information content (AvgIpc) is 2.28. The van der Waals surface area contributed by atoms with Crippen molar-refractivity contribution < 1.29 is 24.2 Å². The summed E-state index contributed by atoms with van der Waals surface area (Å²) in [5.41, 5.74) is 0. The number of carbonyl (C=O) groups is 2. The molecule has 0 aliphatic carbocycles. The Morgan fingerprint density at radius 3 is 3.12 bits per heavy atom. The quantitative estimate of drug-likeness (QED) is 0.552. The van der Waals surface area contributed by atoms with Gasteiger partial charge in [-0.3, -0.25) is 4.79 Å². The van der Waals surface area contributed by atoms with Gasteiger partial charge in [0.15, 0.2) is 12.1 Å². The van der Waals surface area contributed by atoms with Crippen LogP contribution in [0.4, 0.5) is 0 Å². The normalized spacial score (nSPS) is 25.0. The van der Waals surface area contributed by atoms with Crippen molar-refractivity contribution >= 4 is 11.8 Å².